The van der Waals surface area contributed by atoms with Crippen LogP contribution in [-0.4, -0.2) is 18.2 Å². The van der Waals surface area contributed by atoms with Crippen LogP contribution in [0.1, 0.15) is 64.8 Å². The molecule has 0 unspecified atom stereocenters. The van der Waals surface area contributed by atoms with E-state index in [0.29, 0.717) is 24.1 Å². The monoisotopic (exact) mass is 271 g/mol. The molecule has 1 amide bonds. The van der Waals surface area contributed by atoms with Crippen molar-refractivity contribution in [2.45, 2.75) is 44.9 Å². The first-order chi connectivity index (χ1) is 9.74. The van der Waals surface area contributed by atoms with Crippen molar-refractivity contribution in [2.75, 3.05) is 6.54 Å². The van der Waals surface area contributed by atoms with Gasteiger partial charge in [-0.1, -0.05) is 37.8 Å². The highest BCUT2D eigenvalue weighted by atomic mass is 16.1. The lowest BCUT2D eigenvalue weighted by atomic mass is 9.93. The normalized spacial score (nSPS) is 18.7. The Morgan fingerprint density at radius 3 is 2.85 bits per heavy atom. The Hall–Kier alpha value is -1.64. The third-order valence-corrected chi connectivity index (χ3v) is 4.61. The molecule has 1 fully saturated rings. The minimum atomic E-state index is -0.0447. The summed E-state index contributed by atoms with van der Waals surface area (Å²) in [5, 5.41) is 2.83. The van der Waals surface area contributed by atoms with Crippen molar-refractivity contribution in [1.29, 1.82) is 0 Å². The zero-order valence-electron chi connectivity index (χ0n) is 11.8. The number of nitrogens with one attached hydrogen (secondary N) is 1. The molecule has 3 rings (SSSR count). The maximum Gasteiger partial charge on any atom is 0.251 e. The number of hydrogen-bond acceptors (Lipinski definition) is 2. The molecule has 0 spiro atoms. The lowest BCUT2D eigenvalue weighted by Gasteiger charge is -2.17. The molecule has 2 aliphatic rings. The van der Waals surface area contributed by atoms with Gasteiger partial charge in [0.25, 0.3) is 5.91 Å². The summed E-state index contributed by atoms with van der Waals surface area (Å²) in [6, 6.07) is 5.60. The van der Waals surface area contributed by atoms with E-state index in [1.165, 1.54) is 25.7 Å². The number of carbonyl (C=O) groups excluding carboxylic acids is 2. The quantitative estimate of drug-likeness (QED) is 0.855. The van der Waals surface area contributed by atoms with Gasteiger partial charge in [0.1, 0.15) is 0 Å². The predicted molar refractivity (Wildman–Crippen MR) is 78.0 cm³/mol. The number of carbonyl (C=O) groups is 2. The van der Waals surface area contributed by atoms with Crippen LogP contribution in [-0.2, 0) is 6.42 Å². The molecule has 1 aromatic carbocycles. The van der Waals surface area contributed by atoms with Crippen molar-refractivity contribution in [1.82, 2.24) is 5.32 Å². The number of rotatable bonds is 4. The number of fused-ring (bicyclic) bond motifs is 1. The first-order valence-electron chi connectivity index (χ1n) is 7.68. The van der Waals surface area contributed by atoms with Crippen LogP contribution < -0.4 is 5.32 Å². The molecule has 0 radical (unpaired) electrons. The number of ketones is 1. The van der Waals surface area contributed by atoms with Gasteiger partial charge in [0.15, 0.2) is 5.78 Å². The molecule has 0 aromatic heterocycles. The van der Waals surface area contributed by atoms with E-state index in [2.05, 4.69) is 5.32 Å². The van der Waals surface area contributed by atoms with E-state index in [-0.39, 0.29) is 11.7 Å². The topological polar surface area (TPSA) is 46.2 Å². The predicted octanol–water partition coefficient (Wildman–Crippen LogP) is 3.13. The molecule has 106 valence electrons. The summed E-state index contributed by atoms with van der Waals surface area (Å²) in [7, 11) is 0. The second-order valence-electron chi connectivity index (χ2n) is 5.99. The van der Waals surface area contributed by atoms with Crippen LogP contribution in [0, 0.1) is 5.92 Å². The van der Waals surface area contributed by atoms with Crippen LogP contribution in [0.4, 0.5) is 0 Å². The Morgan fingerprint density at radius 1 is 1.25 bits per heavy atom. The maximum absolute atomic E-state index is 12.3. The average Bonchev–Trinajstić information content (AvgIpc) is 2.98. The summed E-state index contributed by atoms with van der Waals surface area (Å²) >= 11 is 0. The summed E-state index contributed by atoms with van der Waals surface area (Å²) in [5.74, 6) is 0.870. The molecule has 1 aliphatic carbocycles. The van der Waals surface area contributed by atoms with E-state index < -0.39 is 0 Å². The second-order valence-corrected chi connectivity index (χ2v) is 5.99. The molecular weight excluding hydrogens is 250 g/mol. The van der Waals surface area contributed by atoms with Crippen molar-refractivity contribution in [3.63, 3.8) is 0 Å². The van der Waals surface area contributed by atoms with Gasteiger partial charge in [0.2, 0.25) is 0 Å². The van der Waals surface area contributed by atoms with Gasteiger partial charge in [-0.3, -0.25) is 9.59 Å². The Balaban J connectivity index is 1.68. The first-order valence-corrected chi connectivity index (χ1v) is 7.68. The van der Waals surface area contributed by atoms with Crippen LogP contribution >= 0.6 is 0 Å². The molecule has 1 saturated carbocycles. The fraction of sp³-hybridized carbons (Fsp3) is 0.529. The van der Waals surface area contributed by atoms with Gasteiger partial charge in [-0.15, -0.1) is 0 Å². The molecule has 1 N–H and O–H groups in total. The average molecular weight is 271 g/mol. The standard InChI is InChI=1S/C17H21NO2/c19-16(8-5-12-3-1-2-4-12)14-7-6-13-9-10-18-17(20)15(13)11-14/h6-7,11-12H,1-5,8-10H2,(H,18,20). The van der Waals surface area contributed by atoms with Crippen molar-refractivity contribution in [3.05, 3.63) is 34.9 Å². The van der Waals surface area contributed by atoms with E-state index >= 15 is 0 Å². The zero-order chi connectivity index (χ0) is 13.9. The zero-order valence-corrected chi connectivity index (χ0v) is 11.8. The fourth-order valence-electron chi connectivity index (χ4n) is 3.36. The van der Waals surface area contributed by atoms with E-state index in [4.69, 9.17) is 0 Å². The molecule has 3 heteroatoms. The van der Waals surface area contributed by atoms with Crippen molar-refractivity contribution < 1.29 is 9.59 Å². The Labute approximate surface area is 119 Å². The third-order valence-electron chi connectivity index (χ3n) is 4.61. The van der Waals surface area contributed by atoms with Gasteiger partial charge in [-0.2, -0.15) is 0 Å². The van der Waals surface area contributed by atoms with Gasteiger partial charge in [0, 0.05) is 24.1 Å². The third kappa shape index (κ3) is 2.77. The highest BCUT2D eigenvalue weighted by molar-refractivity contribution is 6.02. The van der Waals surface area contributed by atoms with Crippen molar-refractivity contribution in [2.24, 2.45) is 5.92 Å². The summed E-state index contributed by atoms with van der Waals surface area (Å²) in [6.07, 6.45) is 7.67. The molecule has 0 bridgehead atoms. The molecule has 1 aliphatic heterocycles. The second kappa shape index (κ2) is 5.78. The fourth-order valence-corrected chi connectivity index (χ4v) is 3.36. The van der Waals surface area contributed by atoms with E-state index in [9.17, 15) is 9.59 Å². The summed E-state index contributed by atoms with van der Waals surface area (Å²) in [5.41, 5.74) is 2.43. The number of Topliss-reactive ketones (excluding diaryl/α,β-unsaturated/α-hetero) is 1. The minimum Gasteiger partial charge on any atom is -0.352 e. The number of benzene rings is 1. The van der Waals surface area contributed by atoms with Crippen LogP contribution in [0.3, 0.4) is 0 Å². The Bertz CT molecular complexity index is 530. The molecule has 20 heavy (non-hydrogen) atoms. The van der Waals surface area contributed by atoms with Crippen LogP contribution in [0.15, 0.2) is 18.2 Å². The number of amides is 1. The van der Waals surface area contributed by atoms with E-state index in [1.54, 1.807) is 6.07 Å². The van der Waals surface area contributed by atoms with Gasteiger partial charge >= 0.3 is 0 Å². The smallest absolute Gasteiger partial charge is 0.251 e. The van der Waals surface area contributed by atoms with Crippen molar-refractivity contribution >= 4 is 11.7 Å². The van der Waals surface area contributed by atoms with E-state index in [1.807, 2.05) is 12.1 Å². The van der Waals surface area contributed by atoms with Crippen LogP contribution in [0.25, 0.3) is 0 Å². The molecule has 1 aromatic rings. The lowest BCUT2D eigenvalue weighted by Crippen LogP contribution is -2.32. The summed E-state index contributed by atoms with van der Waals surface area (Å²) < 4.78 is 0. The largest absolute Gasteiger partial charge is 0.352 e. The molecule has 0 saturated heterocycles. The molecule has 1 heterocycles. The van der Waals surface area contributed by atoms with Crippen LogP contribution in [0.2, 0.25) is 0 Å². The van der Waals surface area contributed by atoms with E-state index in [0.717, 1.165) is 24.3 Å². The van der Waals surface area contributed by atoms with Gasteiger partial charge in [-0.05, 0) is 30.4 Å². The first kappa shape index (κ1) is 13.3. The Kier molecular flexibility index (Phi) is 3.86. The van der Waals surface area contributed by atoms with Gasteiger partial charge < -0.3 is 5.32 Å². The highest BCUT2D eigenvalue weighted by Gasteiger charge is 2.20. The Morgan fingerprint density at radius 2 is 2.05 bits per heavy atom. The lowest BCUT2D eigenvalue weighted by molar-refractivity contribution is 0.0946. The molecule has 3 nitrogen and oxygen atoms in total. The van der Waals surface area contributed by atoms with Crippen molar-refractivity contribution in [3.8, 4) is 0 Å². The maximum atomic E-state index is 12.3. The molecular formula is C17H21NO2. The molecule has 0 atom stereocenters. The van der Waals surface area contributed by atoms with Gasteiger partial charge in [-0.25, -0.2) is 0 Å². The summed E-state index contributed by atoms with van der Waals surface area (Å²) in [4.78, 5) is 24.1. The highest BCUT2D eigenvalue weighted by Crippen LogP contribution is 2.29. The SMILES string of the molecule is O=C(CCC1CCCC1)c1ccc2c(c1)C(=O)NCC2. The number of hydrogen-bond donors (Lipinski definition) is 1. The van der Waals surface area contributed by atoms with Crippen LogP contribution in [0.5, 0.6) is 0 Å². The summed E-state index contributed by atoms with van der Waals surface area (Å²) in [6.45, 7) is 0.695. The minimum absolute atomic E-state index is 0.0447. The van der Waals surface area contributed by atoms with Gasteiger partial charge in [0.05, 0.1) is 0 Å².